The van der Waals surface area contributed by atoms with E-state index in [-0.39, 0.29) is 22.8 Å². The normalized spacial score (nSPS) is 24.1. The molecule has 5 atom stereocenters. The summed E-state index contributed by atoms with van der Waals surface area (Å²) in [5.74, 6) is 5.67. The highest BCUT2D eigenvalue weighted by atomic mass is 31.3. The highest BCUT2D eigenvalue weighted by Crippen LogP contribution is 2.50. The molecule has 3 aromatic rings. The van der Waals surface area contributed by atoms with Crippen molar-refractivity contribution in [3.63, 3.8) is 0 Å². The van der Waals surface area contributed by atoms with E-state index in [1.165, 1.54) is 10.9 Å². The van der Waals surface area contributed by atoms with Crippen LogP contribution in [0.5, 0.6) is 0 Å². The van der Waals surface area contributed by atoms with Gasteiger partial charge in [0.2, 0.25) is 5.82 Å². The van der Waals surface area contributed by atoms with E-state index in [9.17, 15) is 34.0 Å². The predicted octanol–water partition coefficient (Wildman–Crippen LogP) is -2.24. The topological polar surface area (TPSA) is 241 Å². The third-order valence-corrected chi connectivity index (χ3v) is 6.81. The van der Waals surface area contributed by atoms with Crippen molar-refractivity contribution in [1.82, 2.24) is 19.5 Å². The van der Waals surface area contributed by atoms with Gasteiger partial charge in [0.15, 0.2) is 17.7 Å². The number of imidazole rings is 1. The molecule has 1 saturated heterocycles. The van der Waals surface area contributed by atoms with E-state index < -0.39 is 46.8 Å². The highest BCUT2D eigenvalue weighted by molar-refractivity contribution is 7.58. The van der Waals surface area contributed by atoms with Gasteiger partial charge in [0.25, 0.3) is 7.82 Å². The zero-order chi connectivity index (χ0) is 25.4. The second-order valence-electron chi connectivity index (χ2n) is 7.19. The summed E-state index contributed by atoms with van der Waals surface area (Å²) in [6.07, 6.45) is -4.88. The van der Waals surface area contributed by atoms with Crippen LogP contribution in [-0.2, 0) is 22.7 Å². The summed E-state index contributed by atoms with van der Waals surface area (Å²) in [5, 5.41) is 20.7. The summed E-state index contributed by atoms with van der Waals surface area (Å²) < 4.78 is 36.3. The number of anilines is 1. The Morgan fingerprint density at radius 2 is 1.83 bits per heavy atom. The first kappa shape index (κ1) is 25.4. The molecular weight excluding hydrogens is 508 g/mol. The molecule has 15 nitrogen and oxygen atoms in total. The van der Waals surface area contributed by atoms with Crippen molar-refractivity contribution in [3.8, 4) is 11.8 Å². The molecule has 1 aliphatic heterocycles. The van der Waals surface area contributed by atoms with E-state index in [0.717, 1.165) is 0 Å². The number of aromatic nitrogens is 4. The molecule has 3 heterocycles. The monoisotopic (exact) mass is 524 g/mol. The van der Waals surface area contributed by atoms with Crippen LogP contribution in [0.2, 0.25) is 0 Å². The number of nitrogens with two attached hydrogens (primary N) is 1. The van der Waals surface area contributed by atoms with E-state index in [4.69, 9.17) is 10.5 Å². The summed E-state index contributed by atoms with van der Waals surface area (Å²) >= 11 is 0. The fraction of sp³-hybridized carbons (Fsp3) is 0.278. The first-order valence-electron chi connectivity index (χ1n) is 9.71. The zero-order valence-electron chi connectivity index (χ0n) is 17.4. The molecule has 0 radical (unpaired) electrons. The Morgan fingerprint density at radius 3 is 2.51 bits per heavy atom. The molecule has 35 heavy (non-hydrogen) atoms. The van der Waals surface area contributed by atoms with Crippen molar-refractivity contribution >= 4 is 32.6 Å². The van der Waals surface area contributed by atoms with Crippen molar-refractivity contribution in [2.24, 2.45) is 0 Å². The molecule has 0 spiro atoms. The van der Waals surface area contributed by atoms with E-state index in [1.54, 1.807) is 24.3 Å². The number of hydrogen-bond acceptors (Lipinski definition) is 14. The third-order valence-electron chi connectivity index (χ3n) is 4.75. The summed E-state index contributed by atoms with van der Waals surface area (Å²) in [5.41, 5.74) is 6.91. The average molecular weight is 524 g/mol. The molecule has 2 aromatic heterocycles. The van der Waals surface area contributed by atoms with Crippen LogP contribution in [0, 0.1) is 11.8 Å². The van der Waals surface area contributed by atoms with Crippen LogP contribution in [0.4, 0.5) is 5.82 Å². The number of nitrogen functional groups attached to an aromatic ring is 1. The maximum atomic E-state index is 11.5. The van der Waals surface area contributed by atoms with E-state index in [2.05, 4.69) is 35.6 Å². The minimum Gasteiger partial charge on any atom is -0.790 e. The van der Waals surface area contributed by atoms with Gasteiger partial charge < -0.3 is 44.5 Å². The minimum absolute atomic E-state index is 0.0110. The van der Waals surface area contributed by atoms with Crippen LogP contribution in [0.15, 0.2) is 36.7 Å². The number of aliphatic hydroxyl groups excluding tert-OH is 2. The van der Waals surface area contributed by atoms with Gasteiger partial charge in [-0.15, -0.1) is 0 Å². The number of ether oxygens (including phenoxy) is 1. The van der Waals surface area contributed by atoms with Gasteiger partial charge in [-0.3, -0.25) is 13.4 Å². The molecule has 17 heteroatoms. The lowest BCUT2D eigenvalue weighted by Gasteiger charge is -2.35. The van der Waals surface area contributed by atoms with Gasteiger partial charge in [-0.05, 0) is 18.1 Å². The molecule has 0 amide bonds. The maximum absolute atomic E-state index is 11.5. The van der Waals surface area contributed by atoms with E-state index >= 15 is 0 Å². The smallest absolute Gasteiger partial charge is 0.271 e. The molecular formula is C18H16N5O10P2-3. The number of phosphoric ester groups is 1. The molecule has 4 N–H and O–H groups in total. The van der Waals surface area contributed by atoms with Crippen LogP contribution >= 0.6 is 15.6 Å². The Balaban J connectivity index is 1.57. The second kappa shape index (κ2) is 9.73. The van der Waals surface area contributed by atoms with Gasteiger partial charge in [0.05, 0.1) is 20.8 Å². The lowest BCUT2D eigenvalue weighted by molar-refractivity contribution is -0.339. The number of nitrogens with zero attached hydrogens (tertiary/aromatic N) is 4. The molecule has 1 fully saturated rings. The number of hydrogen-bond donors (Lipinski definition) is 3. The molecule has 1 aliphatic rings. The standard InChI is InChI=1S/C18H19N5O10P2/c19-16-13-17(22-12(21-16)7-6-10-4-2-1-3-5-10)23(9-20-13)18-15(25)14(24)11(32-18)8-31-35(29,30)33-34(26,27)28/h1-5,9,11,14-15,18,24-25H,8H2,(H,29,30)(H2,19,21,22)(H2,26,27,28)/p-3. The zero-order valence-corrected chi connectivity index (χ0v) is 19.2. The second-order valence-corrected chi connectivity index (χ2v) is 9.89. The molecule has 5 unspecified atom stereocenters. The molecule has 0 bridgehead atoms. The van der Waals surface area contributed by atoms with E-state index in [1.807, 2.05) is 6.07 Å². The Morgan fingerprint density at radius 1 is 1.11 bits per heavy atom. The lowest BCUT2D eigenvalue weighted by atomic mass is 10.1. The Bertz CT molecular complexity index is 1380. The van der Waals surface area contributed by atoms with Gasteiger partial charge in [-0.25, -0.2) is 15.0 Å². The molecule has 0 saturated carbocycles. The average Bonchev–Trinajstić information content (AvgIpc) is 3.31. The van der Waals surface area contributed by atoms with Gasteiger partial charge in [0, 0.05) is 5.56 Å². The third kappa shape index (κ3) is 5.92. The summed E-state index contributed by atoms with van der Waals surface area (Å²) in [4.78, 5) is 44.9. The number of fused-ring (bicyclic) bond motifs is 1. The highest BCUT2D eigenvalue weighted by Gasteiger charge is 2.45. The maximum Gasteiger partial charge on any atom is 0.271 e. The first-order valence-corrected chi connectivity index (χ1v) is 12.6. The number of benzene rings is 1. The van der Waals surface area contributed by atoms with Crippen molar-refractivity contribution in [1.29, 1.82) is 0 Å². The number of phosphoric acid groups is 2. The first-order chi connectivity index (χ1) is 16.4. The fourth-order valence-corrected chi connectivity index (χ4v) is 4.74. The minimum atomic E-state index is -5.89. The summed E-state index contributed by atoms with van der Waals surface area (Å²) in [6, 6.07) is 9.01. The molecule has 0 aliphatic carbocycles. The molecule has 4 rings (SSSR count). The van der Waals surface area contributed by atoms with Crippen LogP contribution in [0.3, 0.4) is 0 Å². The summed E-state index contributed by atoms with van der Waals surface area (Å²) in [6.45, 7) is -0.965. The SMILES string of the molecule is Nc1nc(C#Cc2ccccc2)nc2c1ncn2C1OC(COP(=O)([O-])OP(=O)([O-])[O-])C(O)C1O. The molecule has 186 valence electrons. The lowest BCUT2D eigenvalue weighted by Crippen LogP contribution is -2.34. The summed E-state index contributed by atoms with van der Waals surface area (Å²) in [7, 11) is -11.5. The largest absolute Gasteiger partial charge is 0.790 e. The van der Waals surface area contributed by atoms with Gasteiger partial charge >= 0.3 is 0 Å². The predicted molar refractivity (Wildman–Crippen MR) is 110 cm³/mol. The van der Waals surface area contributed by atoms with Gasteiger partial charge in [0.1, 0.15) is 23.8 Å². The van der Waals surface area contributed by atoms with Crippen molar-refractivity contribution < 1.29 is 47.6 Å². The van der Waals surface area contributed by atoms with E-state index in [0.29, 0.717) is 5.56 Å². The van der Waals surface area contributed by atoms with Crippen LogP contribution in [-0.4, -0.2) is 54.7 Å². The van der Waals surface area contributed by atoms with Crippen LogP contribution in [0.25, 0.3) is 11.2 Å². The van der Waals surface area contributed by atoms with Crippen LogP contribution < -0.4 is 20.4 Å². The quantitative estimate of drug-likeness (QED) is 0.228. The molecule has 1 aromatic carbocycles. The van der Waals surface area contributed by atoms with Crippen molar-refractivity contribution in [2.75, 3.05) is 12.3 Å². The van der Waals surface area contributed by atoms with Crippen molar-refractivity contribution in [2.45, 2.75) is 24.5 Å². The van der Waals surface area contributed by atoms with Crippen LogP contribution in [0.1, 0.15) is 17.6 Å². The Labute approximate surface area is 197 Å². The Hall–Kier alpha value is -2.73. The Kier molecular flexibility index (Phi) is 7.05. The van der Waals surface area contributed by atoms with Crippen molar-refractivity contribution in [3.05, 3.63) is 48.0 Å². The van der Waals surface area contributed by atoms with Gasteiger partial charge in [-0.2, -0.15) is 0 Å². The fourth-order valence-electron chi connectivity index (χ4n) is 3.24. The van der Waals surface area contributed by atoms with Gasteiger partial charge in [-0.1, -0.05) is 24.1 Å². The number of rotatable bonds is 6. The number of aliphatic hydroxyl groups is 2.